The van der Waals surface area contributed by atoms with E-state index in [4.69, 9.17) is 18.9 Å². The molecule has 2 aromatic carbocycles. The molecular weight excluding hydrogens is 649 g/mol. The fourth-order valence-electron chi connectivity index (χ4n) is 8.17. The number of Topliss-reactive ketones (excluding diaryl/α,β-unsaturated/α-hetero) is 1. The van der Waals surface area contributed by atoms with E-state index in [1.807, 2.05) is 24.9 Å². The number of hydrogen-bond acceptors (Lipinski definition) is 11. The largest absolute Gasteiger partial charge is 0.504 e. The minimum atomic E-state index is -5.08. The van der Waals surface area contributed by atoms with Crippen LogP contribution < -0.4 is 24.3 Å². The van der Waals surface area contributed by atoms with Gasteiger partial charge >= 0.3 is 12.1 Å². The Kier molecular flexibility index (Phi) is 8.69. The lowest BCUT2D eigenvalue weighted by Gasteiger charge is -2.60. The van der Waals surface area contributed by atoms with Gasteiger partial charge in [0.15, 0.2) is 23.0 Å². The van der Waals surface area contributed by atoms with Gasteiger partial charge in [-0.15, -0.1) is 0 Å². The minimum Gasteiger partial charge on any atom is -0.504 e. The van der Waals surface area contributed by atoms with E-state index in [2.05, 4.69) is 16.3 Å². The van der Waals surface area contributed by atoms with Crippen molar-refractivity contribution in [1.82, 2.24) is 15.1 Å². The lowest BCUT2D eigenvalue weighted by atomic mass is 9.71. The first-order valence-electron chi connectivity index (χ1n) is 15.9. The number of rotatable bonds is 7. The number of methoxy groups -OCH3 is 1. The highest BCUT2D eigenvalue weighted by Gasteiger charge is 2.57. The van der Waals surface area contributed by atoms with Gasteiger partial charge in [-0.05, 0) is 44.9 Å². The van der Waals surface area contributed by atoms with Crippen LogP contribution in [-0.4, -0.2) is 84.4 Å². The zero-order chi connectivity index (χ0) is 35.7. The Morgan fingerprint density at radius 3 is 2.47 bits per heavy atom. The number of carbonyl (C=O) groups excluding carboxylic acids is 3. The lowest BCUT2D eigenvalue weighted by molar-refractivity contribution is -0.172. The van der Waals surface area contributed by atoms with Crippen molar-refractivity contribution in [2.45, 2.75) is 83.3 Å². The Balaban J connectivity index is 1.52. The van der Waals surface area contributed by atoms with Gasteiger partial charge in [-0.25, -0.2) is 0 Å². The first-order valence-corrected chi connectivity index (χ1v) is 15.9. The van der Waals surface area contributed by atoms with Crippen molar-refractivity contribution in [2.75, 3.05) is 27.5 Å². The molecule has 4 heterocycles. The summed E-state index contributed by atoms with van der Waals surface area (Å²) in [5.41, 5.74) is 3.83. The van der Waals surface area contributed by atoms with Crippen molar-refractivity contribution in [3.63, 3.8) is 0 Å². The van der Waals surface area contributed by atoms with E-state index in [0.717, 1.165) is 11.1 Å². The number of amides is 1. The number of halogens is 3. The fourth-order valence-corrected chi connectivity index (χ4v) is 8.17. The number of ketones is 1. The van der Waals surface area contributed by atoms with Crippen LogP contribution in [0.2, 0.25) is 0 Å². The third-order valence-corrected chi connectivity index (χ3v) is 10.2. The van der Waals surface area contributed by atoms with Crippen molar-refractivity contribution in [3.8, 4) is 34.8 Å². The molecule has 6 atom stereocenters. The van der Waals surface area contributed by atoms with Crippen LogP contribution in [0.3, 0.4) is 0 Å². The molecule has 12 nitrogen and oxygen atoms in total. The third kappa shape index (κ3) is 5.51. The summed E-state index contributed by atoms with van der Waals surface area (Å²) in [5, 5.41) is 25.1. The van der Waals surface area contributed by atoms with Gasteiger partial charge in [0, 0.05) is 60.1 Å². The van der Waals surface area contributed by atoms with Gasteiger partial charge in [0.05, 0.1) is 25.3 Å². The maximum absolute atomic E-state index is 13.2. The highest BCUT2D eigenvalue weighted by atomic mass is 19.4. The second-order valence-corrected chi connectivity index (χ2v) is 13.1. The summed E-state index contributed by atoms with van der Waals surface area (Å²) in [6.45, 7) is 5.73. The smallest absolute Gasteiger partial charge is 0.449 e. The third-order valence-electron chi connectivity index (χ3n) is 10.2. The van der Waals surface area contributed by atoms with E-state index >= 15 is 0 Å². The van der Waals surface area contributed by atoms with Gasteiger partial charge < -0.3 is 29.4 Å². The van der Waals surface area contributed by atoms with Crippen LogP contribution in [0, 0.1) is 31.1 Å². The molecule has 2 aromatic rings. The van der Waals surface area contributed by atoms with Crippen LogP contribution in [0.1, 0.15) is 65.7 Å². The number of benzene rings is 2. The van der Waals surface area contributed by atoms with Crippen LogP contribution in [0.15, 0.2) is 6.07 Å². The van der Waals surface area contributed by atoms with Crippen LogP contribution in [-0.2, 0) is 27.2 Å². The summed E-state index contributed by atoms with van der Waals surface area (Å²) < 4.78 is 62.2. The number of piperazine rings is 1. The summed E-state index contributed by atoms with van der Waals surface area (Å²) in [4.78, 5) is 41.4. The highest BCUT2D eigenvalue weighted by molar-refractivity contribution is 5.89. The van der Waals surface area contributed by atoms with Gasteiger partial charge in [-0.1, -0.05) is 13.0 Å². The number of carbonyl (C=O) groups is 3. The van der Waals surface area contributed by atoms with Crippen molar-refractivity contribution in [3.05, 3.63) is 39.4 Å². The van der Waals surface area contributed by atoms with Gasteiger partial charge in [0.2, 0.25) is 18.5 Å². The van der Waals surface area contributed by atoms with Crippen LogP contribution in [0.5, 0.6) is 28.7 Å². The molecule has 49 heavy (non-hydrogen) atoms. The van der Waals surface area contributed by atoms with E-state index < -0.39 is 60.3 Å². The number of phenolic OH excluding ortho intramolecular Hbond substituents is 1. The monoisotopic (exact) mass is 686 g/mol. The van der Waals surface area contributed by atoms with E-state index in [0.29, 0.717) is 45.9 Å². The minimum absolute atomic E-state index is 0.0240. The summed E-state index contributed by atoms with van der Waals surface area (Å²) >= 11 is 0. The number of nitrogens with one attached hydrogen (secondary N) is 1. The number of fused-ring (bicyclic) bond motifs is 9. The maximum Gasteiger partial charge on any atom is 0.449 e. The molecule has 1 amide bonds. The molecule has 1 unspecified atom stereocenters. The molecule has 15 heteroatoms. The Bertz CT molecular complexity index is 1790. The van der Waals surface area contributed by atoms with Gasteiger partial charge in [0.1, 0.15) is 11.8 Å². The predicted octanol–water partition coefficient (Wildman–Crippen LogP) is 3.72. The zero-order valence-corrected chi connectivity index (χ0v) is 27.9. The maximum atomic E-state index is 13.2. The average molecular weight is 687 g/mol. The SMILES string of the molecule is COc1c(C)cc2c(c1O)[C@@H]1C3Cc4c(OC(C)=O)c(C)c5c(c4[C@H](CNC(=O)[C@H](C)CC(=O)C(F)(F)F)N3[C@@H](C#N)[C@H](C2)N1C)OCO5. The van der Waals surface area contributed by atoms with Crippen LogP contribution in [0.25, 0.3) is 0 Å². The Hall–Kier alpha value is -4.55. The number of esters is 1. The highest BCUT2D eigenvalue weighted by Crippen LogP contribution is 2.58. The fraction of sp³-hybridized carbons (Fsp3) is 0.529. The van der Waals surface area contributed by atoms with Crippen LogP contribution in [0.4, 0.5) is 13.2 Å². The summed E-state index contributed by atoms with van der Waals surface area (Å²) in [7, 11) is 3.35. The van der Waals surface area contributed by atoms with E-state index in [1.165, 1.54) is 21.0 Å². The number of nitriles is 1. The number of alkyl halides is 3. The second-order valence-electron chi connectivity index (χ2n) is 13.1. The summed E-state index contributed by atoms with van der Waals surface area (Å²) in [6, 6.07) is 1.42. The average Bonchev–Trinajstić information content (AvgIpc) is 3.52. The molecule has 6 rings (SSSR count). The molecule has 0 radical (unpaired) electrons. The molecule has 0 aliphatic carbocycles. The molecule has 1 saturated heterocycles. The number of aromatic hydroxyl groups is 1. The number of ether oxygens (including phenoxy) is 4. The van der Waals surface area contributed by atoms with E-state index in [9.17, 15) is 37.9 Å². The molecule has 0 aromatic heterocycles. The standard InChI is InChI=1S/C34H37F3N4O8/c1-14-7-18-9-20-22(11-38)41-21(27(40(20)5)25(18)28(44)29(14)46-6)10-19-26(32-31(47-13-48-32)16(3)30(19)49-17(4)42)23(41)12-39-33(45)15(2)8-24(43)34(35,36)37/h7,15,20-23,27,44H,8-10,12-13H2,1-6H3,(H,39,45)/t15-,20+,21?,22+,23+,27+/m1/s1. The number of likely N-dealkylation sites (N-methyl/N-ethyl adjacent to an activating group) is 1. The first kappa shape index (κ1) is 34.3. The molecule has 2 bridgehead atoms. The van der Waals surface area contributed by atoms with Gasteiger partial charge in [0.25, 0.3) is 0 Å². The number of hydrogen-bond donors (Lipinski definition) is 2. The van der Waals surface area contributed by atoms with Crippen molar-refractivity contribution >= 4 is 17.7 Å². The molecule has 4 aliphatic heterocycles. The normalized spacial score (nSPS) is 24.5. The molecular formula is C34H37F3N4O8. The first-order chi connectivity index (χ1) is 23.1. The summed E-state index contributed by atoms with van der Waals surface area (Å²) in [5.74, 6) is -3.46. The number of nitrogens with zero attached hydrogens (tertiary/aromatic N) is 3. The molecule has 0 spiro atoms. The van der Waals surface area contributed by atoms with Crippen molar-refractivity contribution < 1.29 is 51.6 Å². The topological polar surface area (TPSA) is 151 Å². The lowest BCUT2D eigenvalue weighted by Crippen LogP contribution is -2.68. The summed E-state index contributed by atoms with van der Waals surface area (Å²) in [6.07, 6.45) is -5.47. The molecule has 0 saturated carbocycles. The predicted molar refractivity (Wildman–Crippen MR) is 165 cm³/mol. The second kappa shape index (κ2) is 12.4. The zero-order valence-electron chi connectivity index (χ0n) is 27.9. The van der Waals surface area contributed by atoms with Gasteiger partial charge in [-0.2, -0.15) is 18.4 Å². The molecule has 1 fully saturated rings. The Labute approximate surface area is 280 Å². The molecule has 262 valence electrons. The van der Waals surface area contributed by atoms with E-state index in [-0.39, 0.29) is 37.3 Å². The number of phenols is 1. The van der Waals surface area contributed by atoms with Gasteiger partial charge in [-0.3, -0.25) is 24.2 Å². The quantitative estimate of drug-likeness (QED) is 0.324. The van der Waals surface area contributed by atoms with Crippen molar-refractivity contribution in [2.24, 2.45) is 5.92 Å². The van der Waals surface area contributed by atoms with Crippen LogP contribution >= 0.6 is 0 Å². The Morgan fingerprint density at radius 1 is 1.14 bits per heavy atom. The Morgan fingerprint density at radius 2 is 1.84 bits per heavy atom. The number of aryl methyl sites for hydroxylation is 1. The van der Waals surface area contributed by atoms with Crippen molar-refractivity contribution in [1.29, 1.82) is 5.26 Å². The molecule has 2 N–H and O–H groups in total. The van der Waals surface area contributed by atoms with E-state index in [1.54, 1.807) is 6.92 Å². The molecule has 4 aliphatic rings.